The van der Waals surface area contributed by atoms with Gasteiger partial charge in [-0.2, -0.15) is 0 Å². The van der Waals surface area contributed by atoms with E-state index in [1.165, 1.54) is 0 Å². The highest BCUT2D eigenvalue weighted by Gasteiger charge is 2.33. The summed E-state index contributed by atoms with van der Waals surface area (Å²) in [5.74, 6) is 1.14. The minimum Gasteiger partial charge on any atom is -0.493 e. The van der Waals surface area contributed by atoms with Crippen LogP contribution in [0, 0.1) is 0 Å². The van der Waals surface area contributed by atoms with Crippen LogP contribution >= 0.6 is 0 Å². The minimum atomic E-state index is -3.77. The van der Waals surface area contributed by atoms with Crippen molar-refractivity contribution in [2.45, 2.75) is 43.9 Å². The molecule has 0 spiro atoms. The second-order valence-electron chi connectivity index (χ2n) is 7.80. The number of nitrogens with one attached hydrogen (secondary N) is 1. The van der Waals surface area contributed by atoms with Gasteiger partial charge < -0.3 is 9.47 Å². The number of ether oxygens (including phenoxy) is 2. The Kier molecular flexibility index (Phi) is 3.91. The average Bonchev–Trinajstić information content (AvgIpc) is 3.19. The Morgan fingerprint density at radius 2 is 1.69 bits per heavy atom. The maximum atomic E-state index is 13.2. The van der Waals surface area contributed by atoms with Crippen molar-refractivity contribution >= 4 is 15.7 Å². The van der Waals surface area contributed by atoms with Crippen LogP contribution in [0.5, 0.6) is 11.5 Å². The van der Waals surface area contributed by atoms with Gasteiger partial charge in [0.2, 0.25) is 0 Å². The van der Waals surface area contributed by atoms with E-state index in [1.54, 1.807) is 12.1 Å². The smallest absolute Gasteiger partial charge is 0.266 e. The second kappa shape index (κ2) is 5.91. The molecule has 6 heteroatoms. The van der Waals surface area contributed by atoms with Crippen LogP contribution in [0.15, 0.2) is 35.2 Å². The van der Waals surface area contributed by atoms with Crippen molar-refractivity contribution < 1.29 is 17.9 Å². The number of hydrogen-bond donors (Lipinski definition) is 1. The molecular formula is C20H23NO4S. The summed E-state index contributed by atoms with van der Waals surface area (Å²) in [6, 6.07) is 9.44. The first kappa shape index (κ1) is 17.2. The van der Waals surface area contributed by atoms with Gasteiger partial charge >= 0.3 is 0 Å². The molecule has 4 rings (SSSR count). The first-order chi connectivity index (χ1) is 12.3. The summed E-state index contributed by atoms with van der Waals surface area (Å²) in [5, 5.41) is 0. The predicted molar refractivity (Wildman–Crippen MR) is 101 cm³/mol. The van der Waals surface area contributed by atoms with Crippen molar-refractivity contribution in [3.05, 3.63) is 47.0 Å². The summed E-state index contributed by atoms with van der Waals surface area (Å²) < 4.78 is 40.3. The fourth-order valence-corrected chi connectivity index (χ4v) is 4.98. The Labute approximate surface area is 154 Å². The third-order valence-corrected chi connectivity index (χ3v) is 6.35. The number of benzene rings is 2. The third kappa shape index (κ3) is 2.92. The Balaban J connectivity index is 1.72. The molecule has 2 aliphatic heterocycles. The number of anilines is 1. The van der Waals surface area contributed by atoms with Gasteiger partial charge in [0.05, 0.1) is 13.2 Å². The van der Waals surface area contributed by atoms with Gasteiger partial charge in [-0.25, -0.2) is 8.42 Å². The van der Waals surface area contributed by atoms with Crippen molar-refractivity contribution in [1.82, 2.24) is 0 Å². The van der Waals surface area contributed by atoms with Crippen LogP contribution in [0.3, 0.4) is 0 Å². The molecule has 2 aliphatic rings. The SMILES string of the molecule is CC(C)(C)c1ccc(NS(=O)(=O)c2c3c(cc4c2OCC4)OCC3)cc1. The molecule has 138 valence electrons. The van der Waals surface area contributed by atoms with Crippen LogP contribution in [0.1, 0.15) is 37.5 Å². The fourth-order valence-electron chi connectivity index (χ4n) is 3.47. The van der Waals surface area contributed by atoms with Crippen LogP contribution in [-0.4, -0.2) is 21.6 Å². The van der Waals surface area contributed by atoms with E-state index >= 15 is 0 Å². The molecule has 0 saturated carbocycles. The van der Waals surface area contributed by atoms with Crippen LogP contribution in [-0.2, 0) is 28.3 Å². The molecule has 1 N–H and O–H groups in total. The van der Waals surface area contributed by atoms with Gasteiger partial charge in [-0.05, 0) is 29.2 Å². The number of sulfonamides is 1. The lowest BCUT2D eigenvalue weighted by Gasteiger charge is -2.19. The molecule has 0 atom stereocenters. The Morgan fingerprint density at radius 1 is 1.00 bits per heavy atom. The summed E-state index contributed by atoms with van der Waals surface area (Å²) in [6.45, 7) is 7.38. The molecule has 0 amide bonds. The van der Waals surface area contributed by atoms with Crippen molar-refractivity contribution in [3.8, 4) is 11.5 Å². The van der Waals surface area contributed by atoms with Crippen LogP contribution in [0.25, 0.3) is 0 Å². The van der Waals surface area contributed by atoms with E-state index in [2.05, 4.69) is 25.5 Å². The number of fused-ring (bicyclic) bond motifs is 2. The van der Waals surface area contributed by atoms with Crippen LogP contribution in [0.4, 0.5) is 5.69 Å². The highest BCUT2D eigenvalue weighted by Crippen LogP contribution is 2.43. The molecule has 26 heavy (non-hydrogen) atoms. The largest absolute Gasteiger partial charge is 0.493 e. The summed E-state index contributed by atoms with van der Waals surface area (Å²) in [6.07, 6.45) is 1.28. The Morgan fingerprint density at radius 3 is 2.38 bits per heavy atom. The Hall–Kier alpha value is -2.21. The van der Waals surface area contributed by atoms with Gasteiger partial charge in [-0.3, -0.25) is 4.72 Å². The molecule has 0 unspecified atom stereocenters. The van der Waals surface area contributed by atoms with Gasteiger partial charge in [-0.1, -0.05) is 32.9 Å². The van der Waals surface area contributed by atoms with Gasteiger partial charge in [0, 0.05) is 29.7 Å². The van der Waals surface area contributed by atoms with E-state index in [4.69, 9.17) is 9.47 Å². The van der Waals surface area contributed by atoms with E-state index in [-0.39, 0.29) is 10.3 Å². The lowest BCUT2D eigenvalue weighted by Crippen LogP contribution is -2.16. The van der Waals surface area contributed by atoms with E-state index in [9.17, 15) is 8.42 Å². The molecule has 0 aliphatic carbocycles. The standard InChI is InChI=1S/C20H23NO4S/c1-20(2,3)14-4-6-15(7-5-14)21-26(22,23)19-16-9-11-24-17(16)12-13-8-10-25-18(13)19/h4-7,12,21H,8-11H2,1-3H3. The second-order valence-corrected chi connectivity index (χ2v) is 9.42. The summed E-state index contributed by atoms with van der Waals surface area (Å²) in [7, 11) is -3.77. The number of rotatable bonds is 3. The quantitative estimate of drug-likeness (QED) is 0.892. The lowest BCUT2D eigenvalue weighted by atomic mass is 9.87. The summed E-state index contributed by atoms with van der Waals surface area (Å²) in [4.78, 5) is 0.236. The van der Waals surface area contributed by atoms with Gasteiger partial charge in [-0.15, -0.1) is 0 Å². The predicted octanol–water partition coefficient (Wildman–Crippen LogP) is 3.65. The summed E-state index contributed by atoms with van der Waals surface area (Å²) >= 11 is 0. The molecular weight excluding hydrogens is 350 g/mol. The minimum absolute atomic E-state index is 0.0175. The van der Waals surface area contributed by atoms with E-state index in [0.29, 0.717) is 48.8 Å². The zero-order chi connectivity index (χ0) is 18.5. The number of hydrogen-bond acceptors (Lipinski definition) is 4. The topological polar surface area (TPSA) is 64.6 Å². The molecule has 0 bridgehead atoms. The summed E-state index contributed by atoms with van der Waals surface area (Å²) in [5.41, 5.74) is 3.32. The molecule has 0 aromatic heterocycles. The molecule has 0 fully saturated rings. The highest BCUT2D eigenvalue weighted by atomic mass is 32.2. The first-order valence-electron chi connectivity index (χ1n) is 8.83. The molecule has 2 heterocycles. The molecule has 2 aromatic carbocycles. The normalized spacial score (nSPS) is 15.8. The Bertz CT molecular complexity index is 925. The first-order valence-corrected chi connectivity index (χ1v) is 10.3. The van der Waals surface area contributed by atoms with E-state index in [1.807, 2.05) is 18.2 Å². The van der Waals surface area contributed by atoms with Crippen molar-refractivity contribution in [2.75, 3.05) is 17.9 Å². The van der Waals surface area contributed by atoms with E-state index < -0.39 is 10.0 Å². The zero-order valence-electron chi connectivity index (χ0n) is 15.3. The maximum Gasteiger partial charge on any atom is 0.266 e. The van der Waals surface area contributed by atoms with Gasteiger partial charge in [0.1, 0.15) is 16.4 Å². The highest BCUT2D eigenvalue weighted by molar-refractivity contribution is 7.92. The van der Waals surface area contributed by atoms with Crippen molar-refractivity contribution in [2.24, 2.45) is 0 Å². The molecule has 2 aromatic rings. The van der Waals surface area contributed by atoms with Crippen molar-refractivity contribution in [1.29, 1.82) is 0 Å². The van der Waals surface area contributed by atoms with Gasteiger partial charge in [0.15, 0.2) is 0 Å². The monoisotopic (exact) mass is 373 g/mol. The van der Waals surface area contributed by atoms with E-state index in [0.717, 1.165) is 11.1 Å². The van der Waals surface area contributed by atoms with Crippen molar-refractivity contribution in [3.63, 3.8) is 0 Å². The zero-order valence-corrected chi connectivity index (χ0v) is 16.1. The molecule has 0 saturated heterocycles. The van der Waals surface area contributed by atoms with Crippen LogP contribution < -0.4 is 14.2 Å². The maximum absolute atomic E-state index is 13.2. The van der Waals surface area contributed by atoms with Crippen LogP contribution in [0.2, 0.25) is 0 Å². The van der Waals surface area contributed by atoms with Gasteiger partial charge in [0.25, 0.3) is 10.0 Å². The third-order valence-electron chi connectivity index (χ3n) is 4.87. The average molecular weight is 373 g/mol. The lowest BCUT2D eigenvalue weighted by molar-refractivity contribution is 0.348. The fraction of sp³-hybridized carbons (Fsp3) is 0.400. The molecule has 5 nitrogen and oxygen atoms in total. The molecule has 0 radical (unpaired) electrons.